The summed E-state index contributed by atoms with van der Waals surface area (Å²) < 4.78 is 0. The Labute approximate surface area is 105 Å². The van der Waals surface area contributed by atoms with Crippen LogP contribution in [0.25, 0.3) is 0 Å². The number of nitrogens with two attached hydrogens (primary N) is 1. The third-order valence-corrected chi connectivity index (χ3v) is 2.80. The lowest BCUT2D eigenvalue weighted by atomic mass is 10.1. The molecular formula is C13H27N3O. The highest BCUT2D eigenvalue weighted by Gasteiger charge is 2.15. The van der Waals surface area contributed by atoms with Crippen LogP contribution >= 0.6 is 0 Å². The van der Waals surface area contributed by atoms with Gasteiger partial charge in [-0.1, -0.05) is 12.2 Å². The van der Waals surface area contributed by atoms with Crippen molar-refractivity contribution >= 4 is 5.91 Å². The second kappa shape index (κ2) is 10.3. The zero-order chi connectivity index (χ0) is 13.1. The van der Waals surface area contributed by atoms with E-state index in [0.717, 1.165) is 26.1 Å². The van der Waals surface area contributed by atoms with Crippen molar-refractivity contribution in [2.75, 3.05) is 26.2 Å². The van der Waals surface area contributed by atoms with Gasteiger partial charge in [0.15, 0.2) is 0 Å². The first-order valence-corrected chi connectivity index (χ1v) is 6.51. The third-order valence-electron chi connectivity index (χ3n) is 2.80. The molecule has 0 aliphatic carbocycles. The molecule has 0 spiro atoms. The molecule has 0 fully saturated rings. The summed E-state index contributed by atoms with van der Waals surface area (Å²) in [5.74, 6) is 0.184. The zero-order valence-corrected chi connectivity index (χ0v) is 11.4. The first kappa shape index (κ1) is 16.1. The summed E-state index contributed by atoms with van der Waals surface area (Å²) in [6.45, 7) is 8.91. The van der Waals surface area contributed by atoms with Gasteiger partial charge in [-0.2, -0.15) is 0 Å². The van der Waals surface area contributed by atoms with Gasteiger partial charge in [-0.25, -0.2) is 0 Å². The Kier molecular flexibility index (Phi) is 9.77. The summed E-state index contributed by atoms with van der Waals surface area (Å²) in [5.41, 5.74) is 5.67. The zero-order valence-electron chi connectivity index (χ0n) is 11.4. The molecule has 4 nitrogen and oxygen atoms in total. The maximum Gasteiger partial charge on any atom is 0.224 e. The van der Waals surface area contributed by atoms with Crippen LogP contribution in [0.4, 0.5) is 0 Å². The van der Waals surface area contributed by atoms with E-state index in [1.54, 1.807) is 0 Å². The molecule has 0 rings (SSSR count). The van der Waals surface area contributed by atoms with Crippen molar-refractivity contribution in [3.8, 4) is 0 Å². The largest absolute Gasteiger partial charge is 0.343 e. The fraction of sp³-hybridized carbons (Fsp3) is 0.769. The number of rotatable bonds is 9. The molecule has 0 aromatic rings. The van der Waals surface area contributed by atoms with E-state index in [0.29, 0.717) is 13.0 Å². The van der Waals surface area contributed by atoms with E-state index < -0.39 is 0 Å². The SMILES string of the molecule is C/C=C/CCNC(CN)CC(=O)N(CC)CC. The van der Waals surface area contributed by atoms with Crippen LogP contribution in [0.1, 0.15) is 33.6 Å². The van der Waals surface area contributed by atoms with Crippen molar-refractivity contribution in [2.45, 2.75) is 39.7 Å². The van der Waals surface area contributed by atoms with Crippen LogP contribution in [-0.4, -0.2) is 43.0 Å². The van der Waals surface area contributed by atoms with E-state index in [-0.39, 0.29) is 11.9 Å². The molecule has 0 aliphatic rings. The average molecular weight is 241 g/mol. The number of hydrogen-bond donors (Lipinski definition) is 2. The molecule has 3 N–H and O–H groups in total. The van der Waals surface area contributed by atoms with Crippen molar-refractivity contribution in [3.05, 3.63) is 12.2 Å². The Balaban J connectivity index is 3.98. The van der Waals surface area contributed by atoms with E-state index in [4.69, 9.17) is 5.73 Å². The van der Waals surface area contributed by atoms with Crippen LogP contribution in [0.15, 0.2) is 12.2 Å². The molecule has 1 atom stereocenters. The fourth-order valence-electron chi connectivity index (χ4n) is 1.69. The maximum absolute atomic E-state index is 11.9. The van der Waals surface area contributed by atoms with Crippen molar-refractivity contribution in [3.63, 3.8) is 0 Å². The minimum absolute atomic E-state index is 0.0911. The highest BCUT2D eigenvalue weighted by Crippen LogP contribution is 1.98. The minimum atomic E-state index is 0.0911. The predicted molar refractivity (Wildman–Crippen MR) is 72.8 cm³/mol. The van der Waals surface area contributed by atoms with E-state index in [9.17, 15) is 4.79 Å². The van der Waals surface area contributed by atoms with Crippen molar-refractivity contribution in [1.29, 1.82) is 0 Å². The Morgan fingerprint density at radius 2 is 2.06 bits per heavy atom. The van der Waals surface area contributed by atoms with Crippen molar-refractivity contribution < 1.29 is 4.79 Å². The molecule has 0 aromatic heterocycles. The van der Waals surface area contributed by atoms with Gasteiger partial charge in [0.1, 0.15) is 0 Å². The van der Waals surface area contributed by atoms with Crippen LogP contribution in [0, 0.1) is 0 Å². The fourth-order valence-corrected chi connectivity index (χ4v) is 1.69. The second-order valence-electron chi connectivity index (χ2n) is 4.01. The first-order chi connectivity index (χ1) is 8.19. The topological polar surface area (TPSA) is 58.4 Å². The van der Waals surface area contributed by atoms with E-state index in [2.05, 4.69) is 11.4 Å². The second-order valence-corrected chi connectivity index (χ2v) is 4.01. The summed E-state index contributed by atoms with van der Waals surface area (Å²) >= 11 is 0. The summed E-state index contributed by atoms with van der Waals surface area (Å²) in [7, 11) is 0. The number of nitrogens with one attached hydrogen (secondary N) is 1. The quantitative estimate of drug-likeness (QED) is 0.470. The molecule has 17 heavy (non-hydrogen) atoms. The standard InChI is InChI=1S/C13H27N3O/c1-4-7-8-9-15-12(11-14)10-13(17)16(5-2)6-3/h4,7,12,15H,5-6,8-11,14H2,1-3H3/b7-4+. The Morgan fingerprint density at radius 3 is 2.53 bits per heavy atom. The van der Waals surface area contributed by atoms with E-state index in [1.165, 1.54) is 0 Å². The molecular weight excluding hydrogens is 214 g/mol. The van der Waals surface area contributed by atoms with Gasteiger partial charge in [-0.15, -0.1) is 0 Å². The Morgan fingerprint density at radius 1 is 1.41 bits per heavy atom. The molecule has 0 bridgehead atoms. The summed E-state index contributed by atoms with van der Waals surface area (Å²) in [5, 5.41) is 3.31. The summed E-state index contributed by atoms with van der Waals surface area (Å²) in [6, 6.07) is 0.0911. The first-order valence-electron chi connectivity index (χ1n) is 6.51. The Hall–Kier alpha value is -0.870. The highest BCUT2D eigenvalue weighted by atomic mass is 16.2. The number of carbonyl (C=O) groups excluding carboxylic acids is 1. The molecule has 0 heterocycles. The minimum Gasteiger partial charge on any atom is -0.343 e. The number of hydrogen-bond acceptors (Lipinski definition) is 3. The van der Waals surface area contributed by atoms with Gasteiger partial charge in [-0.3, -0.25) is 4.79 Å². The molecule has 0 aliphatic heterocycles. The van der Waals surface area contributed by atoms with Gasteiger partial charge in [0.25, 0.3) is 0 Å². The van der Waals surface area contributed by atoms with Gasteiger partial charge < -0.3 is 16.0 Å². The lowest BCUT2D eigenvalue weighted by Gasteiger charge is -2.22. The van der Waals surface area contributed by atoms with Crippen molar-refractivity contribution in [2.24, 2.45) is 5.73 Å². The van der Waals surface area contributed by atoms with Gasteiger partial charge in [0.05, 0.1) is 0 Å². The van der Waals surface area contributed by atoms with Gasteiger partial charge in [0, 0.05) is 32.1 Å². The van der Waals surface area contributed by atoms with Crippen LogP contribution < -0.4 is 11.1 Å². The highest BCUT2D eigenvalue weighted by molar-refractivity contribution is 5.76. The molecule has 0 aromatic carbocycles. The molecule has 100 valence electrons. The number of nitrogens with zero attached hydrogens (tertiary/aromatic N) is 1. The average Bonchev–Trinajstić information content (AvgIpc) is 2.34. The smallest absolute Gasteiger partial charge is 0.224 e. The molecule has 4 heteroatoms. The predicted octanol–water partition coefficient (Wildman–Crippen LogP) is 1.13. The van der Waals surface area contributed by atoms with Crippen LogP contribution in [-0.2, 0) is 4.79 Å². The maximum atomic E-state index is 11.9. The van der Waals surface area contributed by atoms with Crippen LogP contribution in [0.2, 0.25) is 0 Å². The van der Waals surface area contributed by atoms with E-state index in [1.807, 2.05) is 31.7 Å². The summed E-state index contributed by atoms with van der Waals surface area (Å²) in [6.07, 6.45) is 5.60. The van der Waals surface area contributed by atoms with Crippen LogP contribution in [0.5, 0.6) is 0 Å². The van der Waals surface area contributed by atoms with E-state index >= 15 is 0 Å². The van der Waals surface area contributed by atoms with Gasteiger partial charge in [0.2, 0.25) is 5.91 Å². The molecule has 1 amide bonds. The molecule has 0 saturated carbocycles. The number of carbonyl (C=O) groups is 1. The Bertz CT molecular complexity index is 225. The monoisotopic (exact) mass is 241 g/mol. The molecule has 0 saturated heterocycles. The lowest BCUT2D eigenvalue weighted by Crippen LogP contribution is -2.42. The molecule has 0 radical (unpaired) electrons. The van der Waals surface area contributed by atoms with Gasteiger partial charge in [-0.05, 0) is 33.7 Å². The number of amides is 1. The normalized spacial score (nSPS) is 12.9. The van der Waals surface area contributed by atoms with Crippen molar-refractivity contribution in [1.82, 2.24) is 10.2 Å². The third kappa shape index (κ3) is 7.13. The molecule has 1 unspecified atom stereocenters. The van der Waals surface area contributed by atoms with Crippen LogP contribution in [0.3, 0.4) is 0 Å². The summed E-state index contributed by atoms with van der Waals surface area (Å²) in [4.78, 5) is 13.7. The van der Waals surface area contributed by atoms with Gasteiger partial charge >= 0.3 is 0 Å². The lowest BCUT2D eigenvalue weighted by molar-refractivity contribution is -0.131. The number of allylic oxidation sites excluding steroid dienone is 1.